The fourth-order valence-electron chi connectivity index (χ4n) is 0.344. The SMILES string of the molecule is C/C=C\CO[SiH](C)C. The van der Waals surface area contributed by atoms with Crippen LogP contribution in [0.4, 0.5) is 0 Å². The van der Waals surface area contributed by atoms with Crippen molar-refractivity contribution in [2.75, 3.05) is 6.61 Å². The second-order valence-corrected chi connectivity index (χ2v) is 4.38. The Bertz CT molecular complexity index is 68.9. The highest BCUT2D eigenvalue weighted by molar-refractivity contribution is 6.48. The summed E-state index contributed by atoms with van der Waals surface area (Å²) in [4.78, 5) is 0. The fourth-order valence-corrected chi connectivity index (χ4v) is 0.840. The number of allylic oxidation sites excluding steroid dienone is 1. The Labute approximate surface area is 53.1 Å². The molecule has 0 saturated carbocycles. The molecule has 0 N–H and O–H groups in total. The first-order valence-electron chi connectivity index (χ1n) is 3.00. The molecule has 0 unspecified atom stereocenters. The summed E-state index contributed by atoms with van der Waals surface area (Å²) in [6.45, 7) is 7.15. The monoisotopic (exact) mass is 130 g/mol. The van der Waals surface area contributed by atoms with Gasteiger partial charge in [0.2, 0.25) is 0 Å². The maximum Gasteiger partial charge on any atom is 0.171 e. The van der Waals surface area contributed by atoms with Gasteiger partial charge in [0, 0.05) is 0 Å². The lowest BCUT2D eigenvalue weighted by molar-refractivity contribution is 0.374. The van der Waals surface area contributed by atoms with E-state index in [4.69, 9.17) is 4.43 Å². The van der Waals surface area contributed by atoms with Crippen molar-refractivity contribution in [2.45, 2.75) is 20.0 Å². The summed E-state index contributed by atoms with van der Waals surface area (Å²) in [5, 5.41) is 0. The Morgan fingerprint density at radius 3 is 2.50 bits per heavy atom. The maximum absolute atomic E-state index is 5.33. The molecule has 48 valence electrons. The lowest BCUT2D eigenvalue weighted by atomic mass is 10.6. The molecule has 0 aliphatic carbocycles. The van der Waals surface area contributed by atoms with Crippen LogP contribution < -0.4 is 0 Å². The molecule has 0 atom stereocenters. The molecule has 0 aromatic heterocycles. The van der Waals surface area contributed by atoms with Gasteiger partial charge in [-0.05, 0) is 20.0 Å². The quantitative estimate of drug-likeness (QED) is 0.416. The first-order valence-corrected chi connectivity index (χ1v) is 5.78. The summed E-state index contributed by atoms with van der Waals surface area (Å²) < 4.78 is 5.33. The molecule has 0 radical (unpaired) electrons. The largest absolute Gasteiger partial charge is 0.417 e. The van der Waals surface area contributed by atoms with Crippen LogP contribution in [0.15, 0.2) is 12.2 Å². The van der Waals surface area contributed by atoms with Crippen molar-refractivity contribution in [1.29, 1.82) is 0 Å². The highest BCUT2D eigenvalue weighted by atomic mass is 28.3. The van der Waals surface area contributed by atoms with E-state index in [1.165, 1.54) is 0 Å². The minimum absolute atomic E-state index is 0.753. The smallest absolute Gasteiger partial charge is 0.171 e. The third kappa shape index (κ3) is 5.92. The van der Waals surface area contributed by atoms with Crippen LogP contribution >= 0.6 is 0 Å². The van der Waals surface area contributed by atoms with Crippen molar-refractivity contribution >= 4 is 9.04 Å². The van der Waals surface area contributed by atoms with E-state index in [1.807, 2.05) is 19.1 Å². The van der Waals surface area contributed by atoms with Gasteiger partial charge < -0.3 is 4.43 Å². The molecule has 0 fully saturated rings. The zero-order valence-electron chi connectivity index (χ0n) is 5.85. The van der Waals surface area contributed by atoms with E-state index in [0.29, 0.717) is 0 Å². The van der Waals surface area contributed by atoms with E-state index in [2.05, 4.69) is 13.1 Å². The van der Waals surface area contributed by atoms with Gasteiger partial charge in [-0.25, -0.2) is 0 Å². The minimum Gasteiger partial charge on any atom is -0.417 e. The maximum atomic E-state index is 5.33. The second kappa shape index (κ2) is 5.06. The van der Waals surface area contributed by atoms with Gasteiger partial charge in [0.05, 0.1) is 6.61 Å². The summed E-state index contributed by atoms with van der Waals surface area (Å²) in [7, 11) is -0.753. The summed E-state index contributed by atoms with van der Waals surface area (Å²) in [6.07, 6.45) is 4.05. The van der Waals surface area contributed by atoms with Crippen LogP contribution in [0.5, 0.6) is 0 Å². The molecule has 2 heteroatoms. The van der Waals surface area contributed by atoms with Gasteiger partial charge >= 0.3 is 0 Å². The van der Waals surface area contributed by atoms with E-state index in [9.17, 15) is 0 Å². The third-order valence-electron chi connectivity index (χ3n) is 0.761. The second-order valence-electron chi connectivity index (χ2n) is 1.95. The predicted octanol–water partition coefficient (Wildman–Crippen LogP) is 1.56. The van der Waals surface area contributed by atoms with Crippen LogP contribution in [0.3, 0.4) is 0 Å². The molecule has 0 aliphatic heterocycles. The molecule has 0 aromatic rings. The van der Waals surface area contributed by atoms with Crippen molar-refractivity contribution < 1.29 is 4.43 Å². The van der Waals surface area contributed by atoms with E-state index in [1.54, 1.807) is 0 Å². The first-order chi connectivity index (χ1) is 3.77. The van der Waals surface area contributed by atoms with Gasteiger partial charge in [0.1, 0.15) is 0 Å². The lowest BCUT2D eigenvalue weighted by Gasteiger charge is -2.00. The molecule has 0 saturated heterocycles. The average molecular weight is 130 g/mol. The number of hydrogen-bond acceptors (Lipinski definition) is 1. The van der Waals surface area contributed by atoms with Crippen LogP contribution in [0, 0.1) is 0 Å². The molecular weight excluding hydrogens is 116 g/mol. The number of rotatable bonds is 3. The standard InChI is InChI=1S/C6H14OSi/c1-4-5-6-7-8(2)3/h4-5,8H,6H2,1-3H3/b5-4-. The summed E-state index contributed by atoms with van der Waals surface area (Å²) in [5.41, 5.74) is 0. The van der Waals surface area contributed by atoms with Crippen LogP contribution in [0.1, 0.15) is 6.92 Å². The highest BCUT2D eigenvalue weighted by Gasteiger charge is 1.89. The van der Waals surface area contributed by atoms with Crippen molar-refractivity contribution in [3.8, 4) is 0 Å². The highest BCUT2D eigenvalue weighted by Crippen LogP contribution is 1.82. The average Bonchev–Trinajstić information content (AvgIpc) is 1.66. The van der Waals surface area contributed by atoms with E-state index in [-0.39, 0.29) is 0 Å². The van der Waals surface area contributed by atoms with Gasteiger partial charge in [-0.3, -0.25) is 0 Å². The van der Waals surface area contributed by atoms with Gasteiger partial charge in [0.25, 0.3) is 0 Å². The number of hydrogen-bond donors (Lipinski definition) is 0. The normalized spacial score (nSPS) is 11.5. The van der Waals surface area contributed by atoms with Crippen LogP contribution in [0.25, 0.3) is 0 Å². The van der Waals surface area contributed by atoms with Crippen molar-refractivity contribution in [1.82, 2.24) is 0 Å². The van der Waals surface area contributed by atoms with Crippen LogP contribution in [0.2, 0.25) is 13.1 Å². The van der Waals surface area contributed by atoms with Crippen LogP contribution in [-0.2, 0) is 4.43 Å². The molecule has 0 aromatic carbocycles. The molecule has 0 spiro atoms. The zero-order valence-corrected chi connectivity index (χ0v) is 7.00. The van der Waals surface area contributed by atoms with Gasteiger partial charge in [-0.15, -0.1) is 0 Å². The Kier molecular flexibility index (Phi) is 5.01. The Hall–Kier alpha value is -0.0831. The van der Waals surface area contributed by atoms with Crippen molar-refractivity contribution in [2.24, 2.45) is 0 Å². The van der Waals surface area contributed by atoms with Gasteiger partial charge in [0.15, 0.2) is 9.04 Å². The summed E-state index contributed by atoms with van der Waals surface area (Å²) in [5.74, 6) is 0. The van der Waals surface area contributed by atoms with Crippen LogP contribution in [-0.4, -0.2) is 15.6 Å². The van der Waals surface area contributed by atoms with Gasteiger partial charge in [-0.1, -0.05) is 12.2 Å². The molecule has 0 bridgehead atoms. The Morgan fingerprint density at radius 1 is 1.50 bits per heavy atom. The predicted molar refractivity (Wildman–Crippen MR) is 39.6 cm³/mol. The molecule has 0 heterocycles. The molecule has 8 heavy (non-hydrogen) atoms. The fraction of sp³-hybridized carbons (Fsp3) is 0.667. The van der Waals surface area contributed by atoms with E-state index < -0.39 is 9.04 Å². The minimum atomic E-state index is -0.753. The Morgan fingerprint density at radius 2 is 2.12 bits per heavy atom. The zero-order chi connectivity index (χ0) is 6.41. The molecule has 0 amide bonds. The first kappa shape index (κ1) is 7.92. The Balaban J connectivity index is 2.93. The van der Waals surface area contributed by atoms with Crippen molar-refractivity contribution in [3.05, 3.63) is 12.2 Å². The summed E-state index contributed by atoms with van der Waals surface area (Å²) >= 11 is 0. The van der Waals surface area contributed by atoms with E-state index >= 15 is 0 Å². The van der Waals surface area contributed by atoms with E-state index in [0.717, 1.165) is 6.61 Å². The molecule has 0 rings (SSSR count). The topological polar surface area (TPSA) is 9.23 Å². The van der Waals surface area contributed by atoms with Gasteiger partial charge in [-0.2, -0.15) is 0 Å². The third-order valence-corrected chi connectivity index (χ3v) is 1.62. The van der Waals surface area contributed by atoms with Crippen molar-refractivity contribution in [3.63, 3.8) is 0 Å². The molecule has 0 aliphatic rings. The summed E-state index contributed by atoms with van der Waals surface area (Å²) in [6, 6.07) is 0. The molecule has 1 nitrogen and oxygen atoms in total. The molecular formula is C6H14OSi. The lowest BCUT2D eigenvalue weighted by Crippen LogP contribution is -2.06.